The zero-order chi connectivity index (χ0) is 14.1. The van der Waals surface area contributed by atoms with Gasteiger partial charge in [0.05, 0.1) is 12.5 Å². The molecule has 2 N–H and O–H groups in total. The molecule has 1 fully saturated rings. The molecule has 19 heavy (non-hydrogen) atoms. The van der Waals surface area contributed by atoms with Gasteiger partial charge < -0.3 is 15.2 Å². The van der Waals surface area contributed by atoms with Gasteiger partial charge in [0.15, 0.2) is 0 Å². The highest BCUT2D eigenvalue weighted by Gasteiger charge is 2.13. The maximum absolute atomic E-state index is 10.0. The fourth-order valence-corrected chi connectivity index (χ4v) is 1.96. The van der Waals surface area contributed by atoms with Gasteiger partial charge in [-0.1, -0.05) is 19.9 Å². The summed E-state index contributed by atoms with van der Waals surface area (Å²) >= 11 is 0. The maximum Gasteiger partial charge on any atom is 0.278 e. The first-order valence-electron chi connectivity index (χ1n) is 6.82. The lowest BCUT2D eigenvalue weighted by molar-refractivity contribution is -0.697. The van der Waals surface area contributed by atoms with E-state index in [9.17, 15) is 9.90 Å². The van der Waals surface area contributed by atoms with Gasteiger partial charge in [-0.05, 0) is 25.8 Å². The number of aryl methyl sites for hydroxylation is 1. The van der Waals surface area contributed by atoms with Gasteiger partial charge in [-0.15, -0.1) is 0 Å². The largest absolute Gasteiger partial charge is 0.548 e. The van der Waals surface area contributed by atoms with Crippen molar-refractivity contribution in [3.05, 3.63) is 24.8 Å². The smallest absolute Gasteiger partial charge is 0.278 e. The molecule has 1 aromatic rings. The number of aliphatic carboxylic acids is 1. The summed E-state index contributed by atoms with van der Waals surface area (Å²) < 4.78 is 2.18. The fraction of sp³-hybridized carbons (Fsp3) is 0.571. The summed E-state index contributed by atoms with van der Waals surface area (Å²) in [6.07, 6.45) is 9.97. The van der Waals surface area contributed by atoms with Crippen molar-refractivity contribution in [1.82, 2.24) is 10.3 Å². The Kier molecular flexibility index (Phi) is 6.89. The van der Waals surface area contributed by atoms with Crippen LogP contribution in [0.1, 0.15) is 38.4 Å². The minimum atomic E-state index is -0.970. The van der Waals surface area contributed by atoms with Gasteiger partial charge in [0, 0.05) is 12.1 Å². The second-order valence-electron chi connectivity index (χ2n) is 4.56. The first-order chi connectivity index (χ1) is 9.19. The standard InChI is InChI=1S/C9H14N2.C5H9NO2/c1-3-5-7-11-8-6-10-9(11)4-2;7-5(8)4-2-1-3-6-4/h4,6,8H,2-3,5,7H2,1H3;4,6H,1-3H2,(H,7,8)/t;4-/m.0/s1. The summed E-state index contributed by atoms with van der Waals surface area (Å²) in [6.45, 7) is 7.82. The van der Waals surface area contributed by atoms with Crippen LogP contribution in [0.3, 0.4) is 0 Å². The van der Waals surface area contributed by atoms with E-state index in [1.807, 2.05) is 18.5 Å². The van der Waals surface area contributed by atoms with Gasteiger partial charge in [-0.25, -0.2) is 9.55 Å². The topological polar surface area (TPSA) is 71.8 Å². The molecule has 1 aliphatic rings. The van der Waals surface area contributed by atoms with E-state index in [0.29, 0.717) is 0 Å². The third-order valence-electron chi connectivity index (χ3n) is 3.09. The van der Waals surface area contributed by atoms with Gasteiger partial charge in [-0.3, -0.25) is 0 Å². The second kappa shape index (κ2) is 8.48. The molecular formula is C14H23N3O2. The molecule has 2 heterocycles. The molecule has 1 aromatic heterocycles. The average molecular weight is 265 g/mol. The Morgan fingerprint density at radius 1 is 1.68 bits per heavy atom. The summed E-state index contributed by atoms with van der Waals surface area (Å²) in [5, 5.41) is 12.8. The van der Waals surface area contributed by atoms with Crippen LogP contribution in [-0.4, -0.2) is 23.5 Å². The van der Waals surface area contributed by atoms with Crippen LogP contribution in [0.15, 0.2) is 19.0 Å². The Bertz CT molecular complexity index is 395. The number of imidazole rings is 1. The zero-order valence-corrected chi connectivity index (χ0v) is 11.5. The molecule has 0 unspecified atom stereocenters. The number of hydrogen-bond acceptors (Lipinski definition) is 3. The van der Waals surface area contributed by atoms with Crippen LogP contribution in [0.4, 0.5) is 0 Å². The Morgan fingerprint density at radius 2 is 2.47 bits per heavy atom. The summed E-state index contributed by atoms with van der Waals surface area (Å²) in [5.41, 5.74) is 0. The van der Waals surface area contributed by atoms with Crippen LogP contribution in [0.2, 0.25) is 0 Å². The molecule has 0 spiro atoms. The summed E-state index contributed by atoms with van der Waals surface area (Å²) in [4.78, 5) is 13.1. The SMILES string of the molecule is C=Cc1[nH]cc[n+]1CCCC.O=C([O-])[C@@H]1CCCN1. The lowest BCUT2D eigenvalue weighted by atomic mass is 10.2. The highest BCUT2D eigenvalue weighted by molar-refractivity contribution is 5.71. The number of aromatic nitrogens is 2. The number of unbranched alkanes of at least 4 members (excludes halogenated alkanes) is 1. The molecule has 5 nitrogen and oxygen atoms in total. The number of carbonyl (C=O) groups excluding carboxylic acids is 1. The first-order valence-corrected chi connectivity index (χ1v) is 6.82. The molecule has 0 saturated carbocycles. The van der Waals surface area contributed by atoms with Crippen LogP contribution >= 0.6 is 0 Å². The molecule has 1 saturated heterocycles. The number of carbonyl (C=O) groups is 1. The van der Waals surface area contributed by atoms with E-state index >= 15 is 0 Å². The number of hydrogen-bond donors (Lipinski definition) is 2. The maximum atomic E-state index is 10.0. The van der Waals surface area contributed by atoms with Crippen molar-refractivity contribution in [2.24, 2.45) is 0 Å². The van der Waals surface area contributed by atoms with Crippen molar-refractivity contribution in [3.63, 3.8) is 0 Å². The molecule has 0 aromatic carbocycles. The molecule has 0 amide bonds. The molecule has 0 bridgehead atoms. The van der Waals surface area contributed by atoms with Crippen LogP contribution in [-0.2, 0) is 11.3 Å². The molecule has 0 radical (unpaired) electrons. The summed E-state index contributed by atoms with van der Waals surface area (Å²) in [5.74, 6) is 0.126. The number of nitrogens with zero attached hydrogens (tertiary/aromatic N) is 1. The number of aromatic amines is 1. The fourth-order valence-electron chi connectivity index (χ4n) is 1.96. The van der Waals surface area contributed by atoms with Crippen molar-refractivity contribution in [3.8, 4) is 0 Å². The highest BCUT2D eigenvalue weighted by Crippen LogP contribution is 2.02. The Balaban J connectivity index is 0.000000200. The second-order valence-corrected chi connectivity index (χ2v) is 4.56. The summed E-state index contributed by atoms with van der Waals surface area (Å²) in [6, 6.07) is -0.380. The van der Waals surface area contributed by atoms with Gasteiger partial charge >= 0.3 is 0 Å². The lowest BCUT2D eigenvalue weighted by Crippen LogP contribution is -2.41. The Morgan fingerprint density at radius 3 is 2.95 bits per heavy atom. The van der Waals surface area contributed by atoms with Crippen LogP contribution in [0.5, 0.6) is 0 Å². The van der Waals surface area contributed by atoms with Crippen LogP contribution < -0.4 is 15.0 Å². The molecule has 0 aliphatic carbocycles. The minimum Gasteiger partial charge on any atom is -0.548 e. The van der Waals surface area contributed by atoms with E-state index in [0.717, 1.165) is 31.8 Å². The molecule has 5 heteroatoms. The third kappa shape index (κ3) is 5.26. The molecule has 106 valence electrons. The van der Waals surface area contributed by atoms with Crippen LogP contribution in [0, 0.1) is 0 Å². The average Bonchev–Trinajstić information content (AvgIpc) is 3.07. The quantitative estimate of drug-likeness (QED) is 0.749. The van der Waals surface area contributed by atoms with E-state index < -0.39 is 5.97 Å². The van der Waals surface area contributed by atoms with Crippen molar-refractivity contribution >= 4 is 12.0 Å². The van der Waals surface area contributed by atoms with Gasteiger partial charge in [0.25, 0.3) is 5.82 Å². The predicted octanol–water partition coefficient (Wildman–Crippen LogP) is 0.234. The Hall–Kier alpha value is -1.62. The van der Waals surface area contributed by atoms with Crippen molar-refractivity contribution in [2.75, 3.05) is 6.54 Å². The van der Waals surface area contributed by atoms with Gasteiger partial charge in [-0.2, -0.15) is 0 Å². The molecular weight excluding hydrogens is 242 g/mol. The summed E-state index contributed by atoms with van der Waals surface area (Å²) in [7, 11) is 0. The van der Waals surface area contributed by atoms with Crippen molar-refractivity contribution in [2.45, 2.75) is 45.2 Å². The number of carboxylic acids is 1. The predicted molar refractivity (Wildman–Crippen MR) is 72.0 cm³/mol. The number of rotatable bonds is 5. The van der Waals surface area contributed by atoms with E-state index in [-0.39, 0.29) is 6.04 Å². The van der Waals surface area contributed by atoms with E-state index in [4.69, 9.17) is 0 Å². The van der Waals surface area contributed by atoms with Crippen molar-refractivity contribution in [1.29, 1.82) is 0 Å². The van der Waals surface area contributed by atoms with Gasteiger partial charge in [0.2, 0.25) is 0 Å². The van der Waals surface area contributed by atoms with E-state index in [2.05, 4.69) is 28.4 Å². The third-order valence-corrected chi connectivity index (χ3v) is 3.09. The zero-order valence-electron chi connectivity index (χ0n) is 11.5. The number of carboxylic acid groups (broad SMARTS) is 1. The minimum absolute atomic E-state index is 0.380. The normalized spacial score (nSPS) is 17.6. The lowest BCUT2D eigenvalue weighted by Gasteiger charge is -2.08. The highest BCUT2D eigenvalue weighted by atomic mass is 16.4. The molecule has 1 atom stereocenters. The van der Waals surface area contributed by atoms with Crippen molar-refractivity contribution < 1.29 is 14.5 Å². The molecule has 2 rings (SSSR count). The van der Waals surface area contributed by atoms with E-state index in [1.165, 1.54) is 12.8 Å². The number of H-pyrrole nitrogens is 1. The number of nitrogens with one attached hydrogen (secondary N) is 2. The van der Waals surface area contributed by atoms with E-state index in [1.54, 1.807) is 0 Å². The van der Waals surface area contributed by atoms with Crippen LogP contribution in [0.25, 0.3) is 6.08 Å². The first kappa shape index (κ1) is 15.4. The monoisotopic (exact) mass is 265 g/mol. The Labute approximate surface area is 114 Å². The van der Waals surface area contributed by atoms with Gasteiger partial charge in [0.1, 0.15) is 12.4 Å². The molecule has 1 aliphatic heterocycles.